The summed E-state index contributed by atoms with van der Waals surface area (Å²) in [5.41, 5.74) is 1.60. The Labute approximate surface area is 135 Å². The summed E-state index contributed by atoms with van der Waals surface area (Å²) < 4.78 is 28.1. The van der Waals surface area contributed by atoms with Gasteiger partial charge in [0, 0.05) is 18.3 Å². The highest BCUT2D eigenvalue weighted by Gasteiger charge is 2.18. The zero-order valence-corrected chi connectivity index (χ0v) is 14.5. The van der Waals surface area contributed by atoms with Crippen LogP contribution in [0.15, 0.2) is 38.3 Å². The molecule has 1 aromatic carbocycles. The van der Waals surface area contributed by atoms with Crippen molar-refractivity contribution in [1.82, 2.24) is 5.32 Å². The van der Waals surface area contributed by atoms with Crippen molar-refractivity contribution < 1.29 is 13.2 Å². The molecule has 2 rings (SSSR count). The number of sulfonamides is 1. The minimum atomic E-state index is -3.66. The zero-order valence-electron chi connectivity index (χ0n) is 11.3. The molecule has 0 atom stereocenters. The average Bonchev–Trinajstić information content (AvgIpc) is 2.78. The van der Waals surface area contributed by atoms with Gasteiger partial charge < -0.3 is 5.32 Å². The molecule has 0 aliphatic heterocycles. The highest BCUT2D eigenvalue weighted by Crippen LogP contribution is 2.31. The second-order valence-electron chi connectivity index (χ2n) is 4.29. The van der Waals surface area contributed by atoms with Crippen molar-refractivity contribution in [2.24, 2.45) is 0 Å². The molecule has 0 saturated heterocycles. The highest BCUT2D eigenvalue weighted by atomic mass is 79.9. The van der Waals surface area contributed by atoms with E-state index in [1.165, 1.54) is 13.1 Å². The van der Waals surface area contributed by atoms with E-state index in [0.717, 1.165) is 20.7 Å². The molecule has 2 aromatic rings. The lowest BCUT2D eigenvalue weighted by Crippen LogP contribution is -2.18. The Bertz CT molecular complexity index is 765. The number of thiophene rings is 1. The van der Waals surface area contributed by atoms with Crippen LogP contribution < -0.4 is 10.0 Å². The minimum absolute atomic E-state index is 0.220. The second-order valence-corrected chi connectivity index (χ2v) is 8.57. The van der Waals surface area contributed by atoms with E-state index in [9.17, 15) is 13.2 Å². The molecule has 0 spiro atoms. The van der Waals surface area contributed by atoms with E-state index in [4.69, 9.17) is 0 Å². The predicted molar refractivity (Wildman–Crippen MR) is 87.4 cm³/mol. The van der Waals surface area contributed by atoms with Gasteiger partial charge in [0.2, 0.25) is 0 Å². The largest absolute Gasteiger partial charge is 0.355 e. The molecule has 1 heterocycles. The lowest BCUT2D eigenvalue weighted by molar-refractivity contribution is 0.0963. The number of nitrogens with one attached hydrogen (secondary N) is 2. The lowest BCUT2D eigenvalue weighted by atomic mass is 10.2. The van der Waals surface area contributed by atoms with Gasteiger partial charge in [-0.25, -0.2) is 8.42 Å². The van der Waals surface area contributed by atoms with Crippen LogP contribution in [0.1, 0.15) is 15.9 Å². The van der Waals surface area contributed by atoms with E-state index in [2.05, 4.69) is 26.0 Å². The van der Waals surface area contributed by atoms with Gasteiger partial charge in [0.25, 0.3) is 15.9 Å². The first-order valence-corrected chi connectivity index (χ1v) is 9.03. The Hall–Kier alpha value is -1.38. The fourth-order valence-corrected chi connectivity index (χ4v) is 4.91. The molecule has 112 valence electrons. The third-order valence-electron chi connectivity index (χ3n) is 2.70. The smallest absolute Gasteiger partial charge is 0.271 e. The van der Waals surface area contributed by atoms with Crippen molar-refractivity contribution in [3.63, 3.8) is 0 Å². The number of rotatable bonds is 4. The summed E-state index contributed by atoms with van der Waals surface area (Å²) in [6.07, 6.45) is 0. The van der Waals surface area contributed by atoms with Gasteiger partial charge in [-0.05, 0) is 52.7 Å². The Morgan fingerprint density at radius 1 is 1.29 bits per heavy atom. The van der Waals surface area contributed by atoms with Crippen LogP contribution in [0.2, 0.25) is 0 Å². The molecule has 0 saturated carbocycles. The molecular weight excluding hydrogens is 376 g/mol. The highest BCUT2D eigenvalue weighted by molar-refractivity contribution is 9.11. The van der Waals surface area contributed by atoms with Gasteiger partial charge >= 0.3 is 0 Å². The van der Waals surface area contributed by atoms with E-state index < -0.39 is 10.0 Å². The molecule has 0 radical (unpaired) electrons. The zero-order chi connectivity index (χ0) is 15.6. The predicted octanol–water partition coefficient (Wildman–Crippen LogP) is 2.98. The van der Waals surface area contributed by atoms with Gasteiger partial charge in [0.15, 0.2) is 0 Å². The Morgan fingerprint density at radius 2 is 2.00 bits per heavy atom. The number of carbonyl (C=O) groups is 1. The summed E-state index contributed by atoms with van der Waals surface area (Å²) in [5, 5.41) is 2.49. The number of aryl methyl sites for hydroxylation is 1. The molecule has 1 aromatic heterocycles. The molecule has 0 aliphatic rings. The summed E-state index contributed by atoms with van der Waals surface area (Å²) in [7, 11) is -2.14. The number of benzene rings is 1. The molecular formula is C13H13BrN2O3S2. The van der Waals surface area contributed by atoms with E-state index >= 15 is 0 Å². The summed E-state index contributed by atoms with van der Waals surface area (Å²) >= 11 is 4.45. The SMILES string of the molecule is CNC(=O)c1cccc(NS(=O)(=O)c2cc(C)c(Br)s2)c1. The van der Waals surface area contributed by atoms with Crippen molar-refractivity contribution in [2.75, 3.05) is 11.8 Å². The van der Waals surface area contributed by atoms with Crippen molar-refractivity contribution in [3.05, 3.63) is 45.2 Å². The van der Waals surface area contributed by atoms with Gasteiger partial charge in [0.1, 0.15) is 4.21 Å². The number of carbonyl (C=O) groups excluding carboxylic acids is 1. The monoisotopic (exact) mass is 388 g/mol. The van der Waals surface area contributed by atoms with Crippen LogP contribution in [0.25, 0.3) is 0 Å². The fraction of sp³-hybridized carbons (Fsp3) is 0.154. The molecule has 5 nitrogen and oxygen atoms in total. The molecule has 1 amide bonds. The van der Waals surface area contributed by atoms with E-state index in [1.54, 1.807) is 24.3 Å². The van der Waals surface area contributed by atoms with Crippen molar-refractivity contribution >= 4 is 48.9 Å². The number of anilines is 1. The third-order valence-corrected chi connectivity index (χ3v) is 6.69. The van der Waals surface area contributed by atoms with Gasteiger partial charge in [0.05, 0.1) is 3.79 Å². The van der Waals surface area contributed by atoms with E-state index in [1.807, 2.05) is 6.92 Å². The fourth-order valence-electron chi connectivity index (χ4n) is 1.64. The number of halogens is 1. The van der Waals surface area contributed by atoms with Crippen molar-refractivity contribution in [3.8, 4) is 0 Å². The van der Waals surface area contributed by atoms with Crippen LogP contribution >= 0.6 is 27.3 Å². The first-order chi connectivity index (χ1) is 9.83. The van der Waals surface area contributed by atoms with Crippen LogP contribution in [0.3, 0.4) is 0 Å². The van der Waals surface area contributed by atoms with Gasteiger partial charge in [-0.3, -0.25) is 9.52 Å². The molecule has 21 heavy (non-hydrogen) atoms. The summed E-state index contributed by atoms with van der Waals surface area (Å²) in [6, 6.07) is 7.92. The first-order valence-electron chi connectivity index (χ1n) is 5.94. The van der Waals surface area contributed by atoms with E-state index in [-0.39, 0.29) is 10.1 Å². The minimum Gasteiger partial charge on any atom is -0.355 e. The molecule has 0 unspecified atom stereocenters. The van der Waals surface area contributed by atoms with Crippen LogP contribution in [0.5, 0.6) is 0 Å². The van der Waals surface area contributed by atoms with Crippen molar-refractivity contribution in [1.29, 1.82) is 0 Å². The topological polar surface area (TPSA) is 75.3 Å². The van der Waals surface area contributed by atoms with Crippen LogP contribution in [0.4, 0.5) is 5.69 Å². The van der Waals surface area contributed by atoms with Crippen molar-refractivity contribution in [2.45, 2.75) is 11.1 Å². The average molecular weight is 389 g/mol. The Balaban J connectivity index is 2.30. The maximum Gasteiger partial charge on any atom is 0.271 e. The maximum absolute atomic E-state index is 12.3. The van der Waals surface area contributed by atoms with Crippen LogP contribution in [0, 0.1) is 6.92 Å². The maximum atomic E-state index is 12.3. The van der Waals surface area contributed by atoms with Crippen LogP contribution in [-0.2, 0) is 10.0 Å². The van der Waals surface area contributed by atoms with Gasteiger partial charge in [-0.1, -0.05) is 6.07 Å². The van der Waals surface area contributed by atoms with Gasteiger partial charge in [-0.15, -0.1) is 11.3 Å². The standard InChI is InChI=1S/C13H13BrN2O3S2/c1-8-6-11(20-12(8)14)21(18,19)16-10-5-3-4-9(7-10)13(17)15-2/h3-7,16H,1-2H3,(H,15,17). The second kappa shape index (κ2) is 6.17. The summed E-state index contributed by atoms with van der Waals surface area (Å²) in [4.78, 5) is 11.6. The third kappa shape index (κ3) is 3.63. The number of hydrogen-bond donors (Lipinski definition) is 2. The lowest BCUT2D eigenvalue weighted by Gasteiger charge is -2.07. The van der Waals surface area contributed by atoms with Crippen LogP contribution in [-0.4, -0.2) is 21.4 Å². The quantitative estimate of drug-likeness (QED) is 0.844. The summed E-state index contributed by atoms with van der Waals surface area (Å²) in [6.45, 7) is 1.83. The Kier molecular flexibility index (Phi) is 4.70. The number of hydrogen-bond acceptors (Lipinski definition) is 4. The normalized spacial score (nSPS) is 11.2. The molecule has 0 bridgehead atoms. The first kappa shape index (κ1) is 16.0. The Morgan fingerprint density at radius 3 is 2.57 bits per heavy atom. The molecule has 8 heteroatoms. The molecule has 2 N–H and O–H groups in total. The number of amides is 1. The molecule has 0 fully saturated rings. The summed E-state index contributed by atoms with van der Waals surface area (Å²) in [5.74, 6) is -0.272. The van der Waals surface area contributed by atoms with Gasteiger partial charge in [-0.2, -0.15) is 0 Å². The van der Waals surface area contributed by atoms with E-state index in [0.29, 0.717) is 11.3 Å². The molecule has 0 aliphatic carbocycles.